The Morgan fingerprint density at radius 2 is 2.28 bits per heavy atom. The van der Waals surface area contributed by atoms with Gasteiger partial charge in [0.1, 0.15) is 0 Å². The predicted molar refractivity (Wildman–Crippen MR) is 73.6 cm³/mol. The molecule has 1 aromatic rings. The van der Waals surface area contributed by atoms with E-state index in [4.69, 9.17) is 4.74 Å². The first kappa shape index (κ1) is 13.5. The first-order chi connectivity index (χ1) is 8.60. The zero-order chi connectivity index (χ0) is 13.1. The van der Waals surface area contributed by atoms with Gasteiger partial charge in [0.15, 0.2) is 0 Å². The molecule has 3 heteroatoms. The molecule has 0 aromatic carbocycles. The minimum Gasteiger partial charge on any atom is -0.368 e. The lowest BCUT2D eigenvalue weighted by molar-refractivity contribution is -0.0892. The van der Waals surface area contributed by atoms with Crippen LogP contribution in [-0.4, -0.2) is 35.1 Å². The molecule has 1 aliphatic heterocycles. The van der Waals surface area contributed by atoms with E-state index in [-0.39, 0.29) is 6.10 Å². The topological polar surface area (TPSA) is 25.4 Å². The maximum Gasteiger partial charge on any atom is 0.0957 e. The number of morpholine rings is 1. The first-order valence-corrected chi connectivity index (χ1v) is 6.92. The summed E-state index contributed by atoms with van der Waals surface area (Å²) < 4.78 is 6.08. The van der Waals surface area contributed by atoms with Crippen LogP contribution < -0.4 is 0 Å². The summed E-state index contributed by atoms with van der Waals surface area (Å²) in [5.74, 6) is 0. The Morgan fingerprint density at radius 3 is 2.94 bits per heavy atom. The van der Waals surface area contributed by atoms with Crippen molar-refractivity contribution < 1.29 is 4.74 Å². The number of aryl methyl sites for hydroxylation is 1. The highest BCUT2D eigenvalue weighted by molar-refractivity contribution is 5.19. The molecule has 1 fully saturated rings. The second kappa shape index (κ2) is 5.81. The molecule has 3 atom stereocenters. The van der Waals surface area contributed by atoms with E-state index >= 15 is 0 Å². The minimum absolute atomic E-state index is 0.185. The molecule has 1 aliphatic rings. The molecule has 2 rings (SSSR count). The fraction of sp³-hybridized carbons (Fsp3) is 0.667. The Balaban J connectivity index is 2.13. The van der Waals surface area contributed by atoms with Crippen molar-refractivity contribution in [3.63, 3.8) is 0 Å². The normalized spacial score (nSPS) is 27.1. The molecule has 100 valence electrons. The fourth-order valence-corrected chi connectivity index (χ4v) is 2.55. The molecular formula is C15H24N2O. The van der Waals surface area contributed by atoms with E-state index in [0.29, 0.717) is 12.1 Å². The van der Waals surface area contributed by atoms with Gasteiger partial charge in [-0.1, -0.05) is 6.92 Å². The van der Waals surface area contributed by atoms with E-state index in [1.807, 2.05) is 13.1 Å². The number of nitrogens with zero attached hydrogens (tertiary/aromatic N) is 2. The molecule has 0 saturated carbocycles. The van der Waals surface area contributed by atoms with Crippen LogP contribution in [0.1, 0.15) is 44.6 Å². The summed E-state index contributed by atoms with van der Waals surface area (Å²) >= 11 is 0. The summed E-state index contributed by atoms with van der Waals surface area (Å²) in [6.07, 6.45) is 3.55. The van der Waals surface area contributed by atoms with E-state index in [9.17, 15) is 0 Å². The van der Waals surface area contributed by atoms with Crippen molar-refractivity contribution in [1.82, 2.24) is 9.88 Å². The highest BCUT2D eigenvalue weighted by Gasteiger charge is 2.28. The molecule has 0 N–H and O–H groups in total. The van der Waals surface area contributed by atoms with Crippen LogP contribution in [0.15, 0.2) is 18.3 Å². The first-order valence-electron chi connectivity index (χ1n) is 6.92. The molecule has 0 radical (unpaired) electrons. The van der Waals surface area contributed by atoms with Gasteiger partial charge >= 0.3 is 0 Å². The van der Waals surface area contributed by atoms with Crippen LogP contribution in [0, 0.1) is 6.92 Å². The number of ether oxygens (including phenoxy) is 1. The summed E-state index contributed by atoms with van der Waals surface area (Å²) in [5.41, 5.74) is 2.31. The largest absolute Gasteiger partial charge is 0.368 e. The van der Waals surface area contributed by atoms with E-state index in [2.05, 4.69) is 42.8 Å². The van der Waals surface area contributed by atoms with E-state index in [1.165, 1.54) is 12.0 Å². The third-order valence-corrected chi connectivity index (χ3v) is 3.80. The molecule has 0 bridgehead atoms. The van der Waals surface area contributed by atoms with Crippen LogP contribution in [0.3, 0.4) is 0 Å². The summed E-state index contributed by atoms with van der Waals surface area (Å²) in [5, 5.41) is 0. The standard InChI is InChI=1S/C15H24N2O/c1-5-12(3)17-9-13(4)18-15(10-17)14-6-7-16-11(2)8-14/h6-8,12-13,15H,5,9-10H2,1-4H3. The molecule has 1 aromatic heterocycles. The Morgan fingerprint density at radius 1 is 1.50 bits per heavy atom. The van der Waals surface area contributed by atoms with Crippen molar-refractivity contribution in [2.75, 3.05) is 13.1 Å². The number of aromatic nitrogens is 1. The van der Waals surface area contributed by atoms with Crippen LogP contribution in [0.4, 0.5) is 0 Å². The van der Waals surface area contributed by atoms with Gasteiger partial charge in [0.05, 0.1) is 12.2 Å². The Labute approximate surface area is 110 Å². The summed E-state index contributed by atoms with van der Waals surface area (Å²) in [7, 11) is 0. The maximum absolute atomic E-state index is 6.08. The Hall–Kier alpha value is -0.930. The summed E-state index contributed by atoms with van der Waals surface area (Å²) in [6, 6.07) is 4.84. The van der Waals surface area contributed by atoms with Crippen molar-refractivity contribution in [3.05, 3.63) is 29.6 Å². The van der Waals surface area contributed by atoms with Crippen molar-refractivity contribution >= 4 is 0 Å². The molecule has 2 heterocycles. The average molecular weight is 248 g/mol. The highest BCUT2D eigenvalue weighted by Crippen LogP contribution is 2.26. The Kier molecular flexibility index (Phi) is 4.36. The van der Waals surface area contributed by atoms with Crippen molar-refractivity contribution in [3.8, 4) is 0 Å². The molecule has 18 heavy (non-hydrogen) atoms. The van der Waals surface area contributed by atoms with Crippen LogP contribution in [0.2, 0.25) is 0 Å². The van der Waals surface area contributed by atoms with E-state index < -0.39 is 0 Å². The van der Waals surface area contributed by atoms with Gasteiger partial charge in [-0.3, -0.25) is 9.88 Å². The predicted octanol–water partition coefficient (Wildman–Crippen LogP) is 2.95. The van der Waals surface area contributed by atoms with Crippen LogP contribution in [0.5, 0.6) is 0 Å². The van der Waals surface area contributed by atoms with Crippen LogP contribution in [-0.2, 0) is 4.74 Å². The van der Waals surface area contributed by atoms with Gasteiger partial charge in [-0.05, 0) is 44.9 Å². The maximum atomic E-state index is 6.08. The molecular weight excluding hydrogens is 224 g/mol. The molecule has 0 spiro atoms. The van der Waals surface area contributed by atoms with Gasteiger partial charge in [0.25, 0.3) is 0 Å². The number of rotatable bonds is 3. The van der Waals surface area contributed by atoms with Gasteiger partial charge in [0, 0.05) is 31.0 Å². The third-order valence-electron chi connectivity index (χ3n) is 3.80. The van der Waals surface area contributed by atoms with Crippen LogP contribution in [0.25, 0.3) is 0 Å². The van der Waals surface area contributed by atoms with Gasteiger partial charge < -0.3 is 4.74 Å². The zero-order valence-corrected chi connectivity index (χ0v) is 11.9. The molecule has 3 nitrogen and oxygen atoms in total. The minimum atomic E-state index is 0.185. The SMILES string of the molecule is CCC(C)N1CC(C)OC(c2ccnc(C)c2)C1. The van der Waals surface area contributed by atoms with Gasteiger partial charge in [0.2, 0.25) is 0 Å². The molecule has 3 unspecified atom stereocenters. The second-order valence-corrected chi connectivity index (χ2v) is 5.38. The molecule has 0 amide bonds. The highest BCUT2D eigenvalue weighted by atomic mass is 16.5. The fourth-order valence-electron chi connectivity index (χ4n) is 2.55. The summed E-state index contributed by atoms with van der Waals surface area (Å²) in [4.78, 5) is 6.79. The second-order valence-electron chi connectivity index (χ2n) is 5.38. The van der Waals surface area contributed by atoms with Crippen molar-refractivity contribution in [2.24, 2.45) is 0 Å². The van der Waals surface area contributed by atoms with Gasteiger partial charge in [-0.15, -0.1) is 0 Å². The van der Waals surface area contributed by atoms with Gasteiger partial charge in [-0.25, -0.2) is 0 Å². The smallest absolute Gasteiger partial charge is 0.0957 e. The van der Waals surface area contributed by atoms with Gasteiger partial charge in [-0.2, -0.15) is 0 Å². The van der Waals surface area contributed by atoms with Crippen LogP contribution >= 0.6 is 0 Å². The number of pyridine rings is 1. The monoisotopic (exact) mass is 248 g/mol. The molecule has 0 aliphatic carbocycles. The lowest BCUT2D eigenvalue weighted by Gasteiger charge is -2.40. The van der Waals surface area contributed by atoms with E-state index in [0.717, 1.165) is 18.8 Å². The number of hydrogen-bond donors (Lipinski definition) is 0. The van der Waals surface area contributed by atoms with Crippen molar-refractivity contribution in [1.29, 1.82) is 0 Å². The lowest BCUT2D eigenvalue weighted by atomic mass is 10.0. The van der Waals surface area contributed by atoms with E-state index in [1.54, 1.807) is 0 Å². The number of hydrogen-bond acceptors (Lipinski definition) is 3. The van der Waals surface area contributed by atoms with Crippen molar-refractivity contribution in [2.45, 2.75) is 52.4 Å². The lowest BCUT2D eigenvalue weighted by Crippen LogP contribution is -2.46. The summed E-state index contributed by atoms with van der Waals surface area (Å²) in [6.45, 7) is 10.8. The molecule has 1 saturated heterocycles. The Bertz CT molecular complexity index is 394. The quantitative estimate of drug-likeness (QED) is 0.822. The average Bonchev–Trinajstić information content (AvgIpc) is 2.37. The third kappa shape index (κ3) is 3.09. The zero-order valence-electron chi connectivity index (χ0n) is 11.9.